The van der Waals surface area contributed by atoms with Crippen LogP contribution in [-0.4, -0.2) is 26.1 Å². The Balaban J connectivity index is 1.76. The van der Waals surface area contributed by atoms with Crippen molar-refractivity contribution < 1.29 is 23.5 Å². The van der Waals surface area contributed by atoms with Crippen LogP contribution in [0.15, 0.2) is 69.9 Å². The molecule has 0 aliphatic carbocycles. The molecule has 35 heavy (non-hydrogen) atoms. The van der Waals surface area contributed by atoms with E-state index in [0.717, 1.165) is 5.56 Å². The summed E-state index contributed by atoms with van der Waals surface area (Å²) in [7, 11) is 2.80. The van der Waals surface area contributed by atoms with Crippen LogP contribution in [-0.2, 0) is 4.74 Å². The standard InChI is InChI=1S/C27H20ClNO6/c1-14-4-10-20-18(12-14)24(30)22-23(15-5-7-16(8-6-15)27(32)34-3)29(26(31)25(22)35-20)17-9-11-21(33-2)19(28)13-17/h4-13,23H,1-3H3. The summed E-state index contributed by atoms with van der Waals surface area (Å²) in [5.41, 5.74) is 2.60. The summed E-state index contributed by atoms with van der Waals surface area (Å²) in [6.45, 7) is 1.88. The lowest BCUT2D eigenvalue weighted by Gasteiger charge is -2.25. The van der Waals surface area contributed by atoms with E-state index in [4.69, 9.17) is 25.5 Å². The number of methoxy groups -OCH3 is 2. The van der Waals surface area contributed by atoms with E-state index in [-0.39, 0.29) is 16.8 Å². The Bertz CT molecular complexity index is 1560. The molecule has 1 aliphatic heterocycles. The van der Waals surface area contributed by atoms with Crippen LogP contribution in [0.2, 0.25) is 5.02 Å². The molecule has 4 aromatic rings. The number of aryl methyl sites for hydroxylation is 1. The van der Waals surface area contributed by atoms with E-state index < -0.39 is 17.9 Å². The molecule has 3 aromatic carbocycles. The summed E-state index contributed by atoms with van der Waals surface area (Å²) in [6, 6.07) is 16.0. The molecular weight excluding hydrogens is 470 g/mol. The van der Waals surface area contributed by atoms with Crippen molar-refractivity contribution in [2.45, 2.75) is 13.0 Å². The summed E-state index contributed by atoms with van der Waals surface area (Å²) in [6.07, 6.45) is 0. The van der Waals surface area contributed by atoms with E-state index in [1.807, 2.05) is 13.0 Å². The quantitative estimate of drug-likeness (QED) is 0.361. The molecule has 0 fully saturated rings. The molecule has 0 spiro atoms. The smallest absolute Gasteiger partial charge is 0.337 e. The fraction of sp³-hybridized carbons (Fsp3) is 0.148. The zero-order valence-corrected chi connectivity index (χ0v) is 19.9. The highest BCUT2D eigenvalue weighted by Crippen LogP contribution is 2.43. The molecule has 0 N–H and O–H groups in total. The van der Waals surface area contributed by atoms with Gasteiger partial charge in [-0.05, 0) is 55.0 Å². The number of rotatable bonds is 4. The predicted octanol–water partition coefficient (Wildman–Crippen LogP) is 5.30. The van der Waals surface area contributed by atoms with E-state index in [9.17, 15) is 14.4 Å². The lowest BCUT2D eigenvalue weighted by Crippen LogP contribution is -2.29. The molecule has 1 aromatic heterocycles. The zero-order valence-electron chi connectivity index (χ0n) is 19.1. The van der Waals surface area contributed by atoms with Crippen molar-refractivity contribution in [3.63, 3.8) is 0 Å². The highest BCUT2D eigenvalue weighted by Gasteiger charge is 2.43. The van der Waals surface area contributed by atoms with Gasteiger partial charge in [0.15, 0.2) is 5.43 Å². The van der Waals surface area contributed by atoms with Gasteiger partial charge in [-0.1, -0.05) is 35.4 Å². The second kappa shape index (κ2) is 8.60. The number of halogens is 1. The Labute approximate surface area is 205 Å². The Kier molecular flexibility index (Phi) is 5.57. The fourth-order valence-electron chi connectivity index (χ4n) is 4.39. The first-order chi connectivity index (χ1) is 16.8. The maximum atomic E-state index is 13.7. The Morgan fingerprint density at radius 1 is 1.00 bits per heavy atom. The van der Waals surface area contributed by atoms with Gasteiger partial charge in [0.25, 0.3) is 5.91 Å². The minimum Gasteiger partial charge on any atom is -0.495 e. The van der Waals surface area contributed by atoms with E-state index in [1.54, 1.807) is 54.6 Å². The number of carbonyl (C=O) groups is 2. The molecule has 8 heteroatoms. The number of nitrogens with zero attached hydrogens (tertiary/aromatic N) is 1. The van der Waals surface area contributed by atoms with E-state index in [1.165, 1.54) is 19.1 Å². The first kappa shape index (κ1) is 22.7. The SMILES string of the molecule is COC(=O)c1ccc(C2c3c(oc4ccc(C)cc4c3=O)C(=O)N2c2ccc(OC)c(Cl)c2)cc1. The van der Waals surface area contributed by atoms with Crippen LogP contribution < -0.4 is 15.1 Å². The van der Waals surface area contributed by atoms with Gasteiger partial charge in [-0.3, -0.25) is 14.5 Å². The average molecular weight is 490 g/mol. The van der Waals surface area contributed by atoms with Gasteiger partial charge in [0.2, 0.25) is 5.76 Å². The van der Waals surface area contributed by atoms with Crippen molar-refractivity contribution in [2.75, 3.05) is 19.1 Å². The second-order valence-electron chi connectivity index (χ2n) is 8.18. The van der Waals surface area contributed by atoms with E-state index in [0.29, 0.717) is 38.6 Å². The number of ether oxygens (including phenoxy) is 2. The lowest BCUT2D eigenvalue weighted by molar-refractivity contribution is 0.0600. The summed E-state index contributed by atoms with van der Waals surface area (Å²) in [4.78, 5) is 40.8. The zero-order chi connectivity index (χ0) is 24.9. The maximum Gasteiger partial charge on any atom is 0.337 e. The van der Waals surface area contributed by atoms with Crippen molar-refractivity contribution in [3.05, 3.63) is 104 Å². The first-order valence-electron chi connectivity index (χ1n) is 10.8. The Morgan fingerprint density at radius 2 is 1.74 bits per heavy atom. The second-order valence-corrected chi connectivity index (χ2v) is 8.59. The molecule has 0 saturated heterocycles. The number of amides is 1. The van der Waals surface area contributed by atoms with Crippen LogP contribution in [0.5, 0.6) is 5.75 Å². The maximum absolute atomic E-state index is 13.7. The molecule has 7 nitrogen and oxygen atoms in total. The van der Waals surface area contributed by atoms with E-state index in [2.05, 4.69) is 0 Å². The van der Waals surface area contributed by atoms with Crippen LogP contribution in [0.25, 0.3) is 11.0 Å². The fourth-order valence-corrected chi connectivity index (χ4v) is 4.64. The van der Waals surface area contributed by atoms with Gasteiger partial charge < -0.3 is 13.9 Å². The van der Waals surface area contributed by atoms with Crippen LogP contribution in [0.1, 0.15) is 43.6 Å². The van der Waals surface area contributed by atoms with Gasteiger partial charge in [-0.25, -0.2) is 4.79 Å². The van der Waals surface area contributed by atoms with Gasteiger partial charge >= 0.3 is 5.97 Å². The first-order valence-corrected chi connectivity index (χ1v) is 11.1. The van der Waals surface area contributed by atoms with Crippen molar-refractivity contribution in [2.24, 2.45) is 0 Å². The third-order valence-electron chi connectivity index (χ3n) is 6.09. The summed E-state index contributed by atoms with van der Waals surface area (Å²) < 4.78 is 16.0. The largest absolute Gasteiger partial charge is 0.495 e. The molecule has 1 amide bonds. The number of carbonyl (C=O) groups excluding carboxylic acids is 2. The minimum atomic E-state index is -0.796. The number of hydrogen-bond donors (Lipinski definition) is 0. The number of anilines is 1. The number of benzene rings is 3. The Morgan fingerprint density at radius 3 is 2.40 bits per heavy atom. The average Bonchev–Trinajstić information content (AvgIpc) is 3.16. The van der Waals surface area contributed by atoms with Crippen molar-refractivity contribution in [1.82, 2.24) is 0 Å². The molecule has 0 saturated carbocycles. The summed E-state index contributed by atoms with van der Waals surface area (Å²) >= 11 is 6.37. The molecule has 0 bridgehead atoms. The van der Waals surface area contributed by atoms with Crippen molar-refractivity contribution >= 4 is 40.1 Å². The van der Waals surface area contributed by atoms with Gasteiger partial charge in [0, 0.05) is 5.69 Å². The lowest BCUT2D eigenvalue weighted by atomic mass is 9.97. The van der Waals surface area contributed by atoms with Crippen LogP contribution in [0.4, 0.5) is 5.69 Å². The van der Waals surface area contributed by atoms with Crippen LogP contribution in [0.3, 0.4) is 0 Å². The topological polar surface area (TPSA) is 86.0 Å². The molecule has 5 rings (SSSR count). The highest BCUT2D eigenvalue weighted by atomic mass is 35.5. The molecule has 1 unspecified atom stereocenters. The minimum absolute atomic E-state index is 0.0275. The number of fused-ring (bicyclic) bond motifs is 2. The van der Waals surface area contributed by atoms with Gasteiger partial charge in [-0.2, -0.15) is 0 Å². The number of hydrogen-bond acceptors (Lipinski definition) is 6. The van der Waals surface area contributed by atoms with Crippen LogP contribution >= 0.6 is 11.6 Å². The van der Waals surface area contributed by atoms with Gasteiger partial charge in [0.1, 0.15) is 11.3 Å². The van der Waals surface area contributed by atoms with Crippen molar-refractivity contribution in [1.29, 1.82) is 0 Å². The molecule has 1 atom stereocenters. The third-order valence-corrected chi connectivity index (χ3v) is 6.38. The van der Waals surface area contributed by atoms with E-state index >= 15 is 0 Å². The Hall–Kier alpha value is -4.10. The molecule has 0 radical (unpaired) electrons. The molecule has 2 heterocycles. The predicted molar refractivity (Wildman–Crippen MR) is 132 cm³/mol. The summed E-state index contributed by atoms with van der Waals surface area (Å²) in [5.74, 6) is -0.531. The van der Waals surface area contributed by atoms with Crippen LogP contribution in [0, 0.1) is 6.92 Å². The van der Waals surface area contributed by atoms with Gasteiger partial charge in [0.05, 0.1) is 41.8 Å². The van der Waals surface area contributed by atoms with Crippen molar-refractivity contribution in [3.8, 4) is 5.75 Å². The molecular formula is C27H20ClNO6. The summed E-state index contributed by atoms with van der Waals surface area (Å²) in [5, 5.41) is 0.705. The monoisotopic (exact) mass is 489 g/mol. The third kappa shape index (κ3) is 3.65. The molecule has 1 aliphatic rings. The van der Waals surface area contributed by atoms with Gasteiger partial charge in [-0.15, -0.1) is 0 Å². The normalized spacial score (nSPS) is 14.8. The molecule has 176 valence electrons. The highest BCUT2D eigenvalue weighted by molar-refractivity contribution is 6.32. The number of esters is 1.